The number of alkyl carbamates (subject to hydrolysis) is 1. The van der Waals surface area contributed by atoms with E-state index in [1.165, 1.54) is 0 Å². The van der Waals surface area contributed by atoms with Crippen LogP contribution in [0.1, 0.15) is 12.5 Å². The molecule has 1 atom stereocenters. The monoisotopic (exact) mass is 266 g/mol. The zero-order valence-electron chi connectivity index (χ0n) is 10.7. The Labute approximate surface area is 111 Å². The minimum Gasteiger partial charge on any atom is -0.450 e. The molecule has 1 unspecified atom stereocenters. The van der Waals surface area contributed by atoms with Crippen molar-refractivity contribution in [3.8, 4) is 0 Å². The summed E-state index contributed by atoms with van der Waals surface area (Å²) in [5.41, 5.74) is 2.90. The molecule has 0 radical (unpaired) electrons. The number of hydrogen-bond acceptors (Lipinski definition) is 4. The molecular weight excluding hydrogens is 248 g/mol. The van der Waals surface area contributed by atoms with Crippen LogP contribution in [0.5, 0.6) is 0 Å². The van der Waals surface area contributed by atoms with Gasteiger partial charge in [-0.05, 0) is 12.5 Å². The first kappa shape index (κ1) is 14.8. The van der Waals surface area contributed by atoms with Crippen LogP contribution in [-0.4, -0.2) is 24.9 Å². The summed E-state index contributed by atoms with van der Waals surface area (Å²) in [7, 11) is 0. The topological polar surface area (TPSA) is 105 Å². The summed E-state index contributed by atoms with van der Waals surface area (Å²) in [6.45, 7) is 1.96. The first-order valence-electron chi connectivity index (χ1n) is 5.90. The van der Waals surface area contributed by atoms with Gasteiger partial charge in [0.1, 0.15) is 6.17 Å². The van der Waals surface area contributed by atoms with Gasteiger partial charge in [0, 0.05) is 6.42 Å². The average Bonchev–Trinajstić information content (AvgIpc) is 2.39. The highest BCUT2D eigenvalue weighted by molar-refractivity contribution is 5.74. The van der Waals surface area contributed by atoms with Crippen molar-refractivity contribution in [1.82, 2.24) is 16.1 Å². The molecule has 0 fully saturated rings. The van der Waals surface area contributed by atoms with Crippen molar-refractivity contribution >= 4 is 12.1 Å². The zero-order valence-corrected chi connectivity index (χ0v) is 10.7. The lowest BCUT2D eigenvalue weighted by atomic mass is 10.1. The lowest BCUT2D eigenvalue weighted by molar-refractivity contribution is 0.146. The summed E-state index contributed by atoms with van der Waals surface area (Å²) in [6.07, 6.45) is -0.779. The van der Waals surface area contributed by atoms with Gasteiger partial charge in [0.25, 0.3) is 0 Å². The van der Waals surface area contributed by atoms with E-state index in [0.29, 0.717) is 6.42 Å². The van der Waals surface area contributed by atoms with Crippen LogP contribution < -0.4 is 21.9 Å². The van der Waals surface area contributed by atoms with Gasteiger partial charge in [-0.1, -0.05) is 30.3 Å². The lowest BCUT2D eigenvalue weighted by Crippen LogP contribution is -2.53. The maximum atomic E-state index is 11.4. The van der Waals surface area contributed by atoms with E-state index in [-0.39, 0.29) is 6.61 Å². The Kier molecular flexibility index (Phi) is 6.17. The van der Waals surface area contributed by atoms with Gasteiger partial charge in [-0.25, -0.2) is 15.4 Å². The van der Waals surface area contributed by atoms with E-state index >= 15 is 0 Å². The number of nitrogens with one attached hydrogen (secondary N) is 3. The Hall–Kier alpha value is -2.28. The van der Waals surface area contributed by atoms with E-state index in [4.69, 9.17) is 10.6 Å². The molecule has 0 saturated heterocycles. The normalized spacial score (nSPS) is 11.3. The molecule has 0 aliphatic rings. The summed E-state index contributed by atoms with van der Waals surface area (Å²) in [5, 5.41) is 5.06. The fourth-order valence-electron chi connectivity index (χ4n) is 1.50. The number of carbonyl (C=O) groups is 2. The van der Waals surface area contributed by atoms with Gasteiger partial charge >= 0.3 is 12.1 Å². The van der Waals surface area contributed by atoms with E-state index in [9.17, 15) is 9.59 Å². The van der Waals surface area contributed by atoms with Crippen LogP contribution in [-0.2, 0) is 11.2 Å². The van der Waals surface area contributed by atoms with Crippen molar-refractivity contribution in [3.63, 3.8) is 0 Å². The SMILES string of the molecule is CCOC(=O)NC(Cc1ccccc1)NC(=O)NN. The quantitative estimate of drug-likeness (QED) is 0.269. The molecular formula is C12H18N4O3. The molecule has 1 aromatic carbocycles. The van der Waals surface area contributed by atoms with Gasteiger partial charge in [0.05, 0.1) is 6.61 Å². The van der Waals surface area contributed by atoms with Gasteiger partial charge in [0.15, 0.2) is 0 Å². The van der Waals surface area contributed by atoms with Gasteiger partial charge in [-0.15, -0.1) is 0 Å². The highest BCUT2D eigenvalue weighted by Crippen LogP contribution is 2.02. The molecule has 19 heavy (non-hydrogen) atoms. The van der Waals surface area contributed by atoms with Crippen molar-refractivity contribution in [1.29, 1.82) is 0 Å². The van der Waals surface area contributed by atoms with E-state index < -0.39 is 18.3 Å². The largest absolute Gasteiger partial charge is 0.450 e. The number of benzene rings is 1. The van der Waals surface area contributed by atoms with E-state index in [1.54, 1.807) is 6.92 Å². The van der Waals surface area contributed by atoms with Gasteiger partial charge < -0.3 is 15.4 Å². The number of nitrogens with two attached hydrogens (primary N) is 1. The summed E-state index contributed by atoms with van der Waals surface area (Å²) >= 11 is 0. The second-order valence-corrected chi connectivity index (χ2v) is 3.72. The van der Waals surface area contributed by atoms with Crippen LogP contribution in [0.15, 0.2) is 30.3 Å². The first-order valence-corrected chi connectivity index (χ1v) is 5.90. The Morgan fingerprint density at radius 2 is 1.95 bits per heavy atom. The van der Waals surface area contributed by atoms with E-state index in [0.717, 1.165) is 5.56 Å². The van der Waals surface area contributed by atoms with Crippen LogP contribution >= 0.6 is 0 Å². The first-order chi connectivity index (χ1) is 9.15. The zero-order chi connectivity index (χ0) is 14.1. The molecule has 0 aliphatic heterocycles. The van der Waals surface area contributed by atoms with Crippen molar-refractivity contribution < 1.29 is 14.3 Å². The lowest BCUT2D eigenvalue weighted by Gasteiger charge is -2.19. The van der Waals surface area contributed by atoms with E-state index in [2.05, 4.69) is 10.6 Å². The number of carbonyl (C=O) groups excluding carboxylic acids is 2. The smallest absolute Gasteiger partial charge is 0.408 e. The van der Waals surface area contributed by atoms with Crippen LogP contribution in [0.4, 0.5) is 9.59 Å². The predicted molar refractivity (Wildman–Crippen MR) is 69.9 cm³/mol. The molecule has 5 N–H and O–H groups in total. The summed E-state index contributed by atoms with van der Waals surface area (Å²) in [4.78, 5) is 22.6. The van der Waals surface area contributed by atoms with Crippen molar-refractivity contribution in [3.05, 3.63) is 35.9 Å². The predicted octanol–water partition coefficient (Wildman–Crippen LogP) is 0.474. The second-order valence-electron chi connectivity index (χ2n) is 3.72. The number of amides is 3. The number of urea groups is 1. The third-order valence-electron chi connectivity index (χ3n) is 2.29. The molecule has 104 valence electrons. The van der Waals surface area contributed by atoms with Gasteiger partial charge in [0.2, 0.25) is 0 Å². The van der Waals surface area contributed by atoms with Gasteiger partial charge in [-0.3, -0.25) is 5.43 Å². The summed E-state index contributed by atoms with van der Waals surface area (Å²) in [5.74, 6) is 5.00. The third kappa shape index (κ3) is 5.73. The van der Waals surface area contributed by atoms with Crippen LogP contribution in [0.3, 0.4) is 0 Å². The Morgan fingerprint density at radius 1 is 1.26 bits per heavy atom. The molecule has 0 saturated carbocycles. The highest BCUT2D eigenvalue weighted by Gasteiger charge is 2.15. The number of ether oxygens (including phenoxy) is 1. The van der Waals surface area contributed by atoms with Crippen LogP contribution in [0, 0.1) is 0 Å². The standard InChI is InChI=1S/C12H18N4O3/c1-2-19-12(18)15-10(14-11(17)16-13)8-9-6-4-3-5-7-9/h3-7,10H,2,8,13H2,1H3,(H,15,18)(H2,14,16,17). The fourth-order valence-corrected chi connectivity index (χ4v) is 1.50. The minimum absolute atomic E-state index is 0.257. The maximum absolute atomic E-state index is 11.4. The second kappa shape index (κ2) is 7.93. The fraction of sp³-hybridized carbons (Fsp3) is 0.333. The average molecular weight is 266 g/mol. The molecule has 7 heteroatoms. The third-order valence-corrected chi connectivity index (χ3v) is 2.29. The summed E-state index contributed by atoms with van der Waals surface area (Å²) in [6, 6.07) is 8.83. The molecule has 1 aromatic rings. The number of hydrogen-bond donors (Lipinski definition) is 4. The minimum atomic E-state index is -0.606. The van der Waals surface area contributed by atoms with Crippen molar-refractivity contribution in [2.24, 2.45) is 5.84 Å². The Bertz CT molecular complexity index is 411. The van der Waals surface area contributed by atoms with E-state index in [1.807, 2.05) is 35.8 Å². The van der Waals surface area contributed by atoms with Crippen LogP contribution in [0.2, 0.25) is 0 Å². The molecule has 0 heterocycles. The molecule has 7 nitrogen and oxygen atoms in total. The Morgan fingerprint density at radius 3 is 2.53 bits per heavy atom. The molecule has 0 bridgehead atoms. The molecule has 0 aromatic heterocycles. The summed E-state index contributed by atoms with van der Waals surface area (Å²) < 4.78 is 4.77. The molecule has 1 rings (SSSR count). The maximum Gasteiger partial charge on any atom is 0.408 e. The van der Waals surface area contributed by atoms with Gasteiger partial charge in [-0.2, -0.15) is 0 Å². The number of rotatable bonds is 5. The van der Waals surface area contributed by atoms with Crippen LogP contribution in [0.25, 0.3) is 0 Å². The van der Waals surface area contributed by atoms with Crippen molar-refractivity contribution in [2.75, 3.05) is 6.61 Å². The number of hydrazine groups is 1. The van der Waals surface area contributed by atoms with Crippen molar-refractivity contribution in [2.45, 2.75) is 19.5 Å². The highest BCUT2D eigenvalue weighted by atomic mass is 16.5. The molecule has 3 amide bonds. The molecule has 0 aliphatic carbocycles. The Balaban J connectivity index is 2.63. The molecule has 0 spiro atoms.